The van der Waals surface area contributed by atoms with Crippen LogP contribution in [0.25, 0.3) is 0 Å². The van der Waals surface area contributed by atoms with E-state index in [1.54, 1.807) is 0 Å². The van der Waals surface area contributed by atoms with E-state index in [4.69, 9.17) is 5.11 Å². The van der Waals surface area contributed by atoms with E-state index in [1.165, 1.54) is 18.4 Å². The Kier molecular flexibility index (Phi) is 1.66. The number of rotatable bonds is 2. The van der Waals surface area contributed by atoms with E-state index in [0.717, 1.165) is 11.5 Å². The lowest BCUT2D eigenvalue weighted by atomic mass is 10.1. The van der Waals surface area contributed by atoms with Crippen molar-refractivity contribution in [2.45, 2.75) is 25.4 Å². The molecule has 0 heterocycles. The molecule has 2 rings (SSSR count). The average Bonchev–Trinajstić information content (AvgIpc) is 2.87. The average molecular weight is 147 g/mol. The summed E-state index contributed by atoms with van der Waals surface area (Å²) >= 11 is 0. The minimum atomic E-state index is 0.102. The first-order valence-corrected chi connectivity index (χ1v) is 4.01. The second kappa shape index (κ2) is 2.67. The Bertz CT molecular complexity index is 234. The van der Waals surface area contributed by atoms with Crippen LogP contribution in [0.15, 0.2) is 18.2 Å². The molecular formula is C10H11O. The molecule has 1 N–H and O–H groups in total. The smallest absolute Gasteiger partial charge is 0.0687 e. The molecule has 0 aliphatic heterocycles. The highest BCUT2D eigenvalue weighted by Gasteiger charge is 2.22. The Balaban J connectivity index is 2.19. The number of aliphatic hydroxyl groups excluding tert-OH is 1. The van der Waals surface area contributed by atoms with E-state index in [9.17, 15) is 0 Å². The van der Waals surface area contributed by atoms with Crippen LogP contribution in [-0.2, 0) is 6.61 Å². The molecule has 1 aromatic carbocycles. The van der Waals surface area contributed by atoms with E-state index in [1.807, 2.05) is 12.1 Å². The maximum Gasteiger partial charge on any atom is 0.0687 e. The van der Waals surface area contributed by atoms with Crippen LogP contribution in [0.2, 0.25) is 0 Å². The van der Waals surface area contributed by atoms with Crippen molar-refractivity contribution in [1.82, 2.24) is 0 Å². The van der Waals surface area contributed by atoms with Crippen molar-refractivity contribution in [2.24, 2.45) is 0 Å². The highest BCUT2D eigenvalue weighted by molar-refractivity contribution is 5.26. The van der Waals surface area contributed by atoms with Crippen LogP contribution in [-0.4, -0.2) is 5.11 Å². The zero-order valence-corrected chi connectivity index (χ0v) is 6.38. The standard InChI is InChI=1S/C10H11O/c11-7-8-1-3-9(4-2-8)10-5-6-10/h1,3-4,10-11H,5-7H2. The third-order valence-electron chi connectivity index (χ3n) is 2.12. The summed E-state index contributed by atoms with van der Waals surface area (Å²) < 4.78 is 0. The van der Waals surface area contributed by atoms with Gasteiger partial charge in [0.2, 0.25) is 0 Å². The summed E-state index contributed by atoms with van der Waals surface area (Å²) in [5, 5.41) is 8.75. The molecule has 1 aromatic rings. The van der Waals surface area contributed by atoms with Crippen molar-refractivity contribution in [3.63, 3.8) is 0 Å². The third kappa shape index (κ3) is 1.43. The maximum absolute atomic E-state index is 8.75. The van der Waals surface area contributed by atoms with E-state index < -0.39 is 0 Å². The lowest BCUT2D eigenvalue weighted by Crippen LogP contribution is -1.84. The quantitative estimate of drug-likeness (QED) is 0.677. The summed E-state index contributed by atoms with van der Waals surface area (Å²) in [6, 6.07) is 9.11. The molecule has 1 nitrogen and oxygen atoms in total. The van der Waals surface area contributed by atoms with Crippen LogP contribution in [0.4, 0.5) is 0 Å². The molecule has 0 bridgehead atoms. The molecule has 0 spiro atoms. The van der Waals surface area contributed by atoms with Gasteiger partial charge in [-0.2, -0.15) is 0 Å². The largest absolute Gasteiger partial charge is 0.392 e. The molecule has 0 aromatic heterocycles. The zero-order valence-electron chi connectivity index (χ0n) is 6.38. The maximum atomic E-state index is 8.75. The van der Waals surface area contributed by atoms with E-state index in [-0.39, 0.29) is 6.61 Å². The third-order valence-corrected chi connectivity index (χ3v) is 2.12. The Morgan fingerprint density at radius 3 is 2.73 bits per heavy atom. The van der Waals surface area contributed by atoms with Gasteiger partial charge in [-0.25, -0.2) is 0 Å². The van der Waals surface area contributed by atoms with Crippen LogP contribution >= 0.6 is 0 Å². The molecule has 1 aliphatic rings. The fourth-order valence-corrected chi connectivity index (χ4v) is 1.24. The van der Waals surface area contributed by atoms with Gasteiger partial charge < -0.3 is 5.11 Å². The minimum Gasteiger partial charge on any atom is -0.392 e. The van der Waals surface area contributed by atoms with Crippen molar-refractivity contribution in [3.05, 3.63) is 35.4 Å². The molecule has 1 fully saturated rings. The van der Waals surface area contributed by atoms with Crippen molar-refractivity contribution >= 4 is 0 Å². The van der Waals surface area contributed by atoms with Gasteiger partial charge in [-0.1, -0.05) is 18.2 Å². The van der Waals surface area contributed by atoms with Gasteiger partial charge in [0.1, 0.15) is 0 Å². The summed E-state index contributed by atoms with van der Waals surface area (Å²) in [4.78, 5) is 0. The van der Waals surface area contributed by atoms with Crippen LogP contribution in [0, 0.1) is 6.07 Å². The Morgan fingerprint density at radius 1 is 1.45 bits per heavy atom. The van der Waals surface area contributed by atoms with Gasteiger partial charge in [-0.3, -0.25) is 0 Å². The normalized spacial score (nSPS) is 16.8. The van der Waals surface area contributed by atoms with Crippen molar-refractivity contribution in [3.8, 4) is 0 Å². The van der Waals surface area contributed by atoms with Gasteiger partial charge in [-0.05, 0) is 36.0 Å². The number of benzene rings is 1. The fourth-order valence-electron chi connectivity index (χ4n) is 1.24. The Morgan fingerprint density at radius 2 is 2.27 bits per heavy atom. The van der Waals surface area contributed by atoms with E-state index >= 15 is 0 Å². The second-order valence-electron chi connectivity index (χ2n) is 3.08. The Labute approximate surface area is 66.7 Å². The van der Waals surface area contributed by atoms with Gasteiger partial charge >= 0.3 is 0 Å². The molecular weight excluding hydrogens is 136 g/mol. The molecule has 1 saturated carbocycles. The topological polar surface area (TPSA) is 20.2 Å². The fraction of sp³-hybridized carbons (Fsp3) is 0.400. The van der Waals surface area contributed by atoms with E-state index in [2.05, 4.69) is 12.1 Å². The molecule has 57 valence electrons. The number of aliphatic hydroxyl groups is 1. The highest BCUT2D eigenvalue weighted by Crippen LogP contribution is 2.39. The van der Waals surface area contributed by atoms with Gasteiger partial charge in [0, 0.05) is 0 Å². The summed E-state index contributed by atoms with van der Waals surface area (Å²) in [5.74, 6) is 0.791. The summed E-state index contributed by atoms with van der Waals surface area (Å²) in [5.41, 5.74) is 2.26. The summed E-state index contributed by atoms with van der Waals surface area (Å²) in [6.07, 6.45) is 2.65. The van der Waals surface area contributed by atoms with Crippen molar-refractivity contribution < 1.29 is 5.11 Å². The molecule has 0 saturated heterocycles. The van der Waals surface area contributed by atoms with Crippen LogP contribution in [0.1, 0.15) is 29.9 Å². The minimum absolute atomic E-state index is 0.102. The number of hydrogen-bond acceptors (Lipinski definition) is 1. The first-order chi connectivity index (χ1) is 5.40. The predicted molar refractivity (Wildman–Crippen MR) is 43.2 cm³/mol. The van der Waals surface area contributed by atoms with Gasteiger partial charge in [0.05, 0.1) is 6.61 Å². The first kappa shape index (κ1) is 6.86. The van der Waals surface area contributed by atoms with Crippen LogP contribution in [0.5, 0.6) is 0 Å². The monoisotopic (exact) mass is 147 g/mol. The SMILES string of the molecule is OCc1[c]cc(C2CC2)cc1. The van der Waals surface area contributed by atoms with Gasteiger partial charge in [-0.15, -0.1) is 0 Å². The molecule has 0 atom stereocenters. The number of hydrogen-bond donors (Lipinski definition) is 1. The second-order valence-corrected chi connectivity index (χ2v) is 3.08. The Hall–Kier alpha value is -0.820. The van der Waals surface area contributed by atoms with Crippen molar-refractivity contribution in [1.29, 1.82) is 0 Å². The van der Waals surface area contributed by atoms with Gasteiger partial charge in [0.15, 0.2) is 0 Å². The molecule has 1 radical (unpaired) electrons. The molecule has 1 aliphatic carbocycles. The molecule has 0 amide bonds. The molecule has 1 heteroatoms. The van der Waals surface area contributed by atoms with Crippen LogP contribution < -0.4 is 0 Å². The zero-order chi connectivity index (χ0) is 7.68. The predicted octanol–water partition coefficient (Wildman–Crippen LogP) is 1.86. The lowest BCUT2D eigenvalue weighted by Gasteiger charge is -1.97. The lowest BCUT2D eigenvalue weighted by molar-refractivity contribution is 0.281. The molecule has 11 heavy (non-hydrogen) atoms. The summed E-state index contributed by atoms with van der Waals surface area (Å²) in [6.45, 7) is 0.102. The van der Waals surface area contributed by atoms with Crippen LogP contribution in [0.3, 0.4) is 0 Å². The van der Waals surface area contributed by atoms with E-state index in [0.29, 0.717) is 0 Å². The summed E-state index contributed by atoms with van der Waals surface area (Å²) in [7, 11) is 0. The highest BCUT2D eigenvalue weighted by atomic mass is 16.3. The van der Waals surface area contributed by atoms with Gasteiger partial charge in [0.25, 0.3) is 0 Å². The molecule has 0 unspecified atom stereocenters. The first-order valence-electron chi connectivity index (χ1n) is 4.01. The van der Waals surface area contributed by atoms with Crippen molar-refractivity contribution in [2.75, 3.05) is 0 Å².